The molecule has 154 valence electrons. The van der Waals surface area contributed by atoms with Crippen molar-refractivity contribution < 1.29 is 13.8 Å². The van der Waals surface area contributed by atoms with Crippen LogP contribution >= 0.6 is 11.3 Å². The Labute approximate surface area is 176 Å². The van der Waals surface area contributed by atoms with Crippen molar-refractivity contribution in [3.05, 3.63) is 46.6 Å². The van der Waals surface area contributed by atoms with Crippen LogP contribution in [0.3, 0.4) is 0 Å². The number of aryl methyl sites for hydroxylation is 2. The number of rotatable bonds is 4. The van der Waals surface area contributed by atoms with Gasteiger partial charge in [-0.05, 0) is 37.3 Å². The summed E-state index contributed by atoms with van der Waals surface area (Å²) in [7, 11) is 0. The summed E-state index contributed by atoms with van der Waals surface area (Å²) in [5.74, 6) is 0.820. The van der Waals surface area contributed by atoms with Crippen molar-refractivity contribution in [2.45, 2.75) is 51.5 Å². The number of nitrogens with zero attached hydrogens (tertiary/aromatic N) is 4. The maximum Gasteiger partial charge on any atom is 0.259 e. The number of aromatic nitrogens is 4. The van der Waals surface area contributed by atoms with Crippen molar-refractivity contribution in [2.24, 2.45) is 0 Å². The molecule has 0 atom stereocenters. The smallest absolute Gasteiger partial charge is 0.259 e. The fourth-order valence-corrected chi connectivity index (χ4v) is 4.85. The first-order valence-corrected chi connectivity index (χ1v) is 10.9. The largest absolute Gasteiger partial charge is 0.340 e. The molecule has 8 nitrogen and oxygen atoms in total. The second kappa shape index (κ2) is 7.32. The number of pyridine rings is 1. The Morgan fingerprint density at radius 3 is 2.67 bits per heavy atom. The molecular weight excluding hydrogens is 402 g/mol. The van der Waals surface area contributed by atoms with Crippen LogP contribution in [0, 0.1) is 13.8 Å². The molecule has 1 fully saturated rings. The highest BCUT2D eigenvalue weighted by Crippen LogP contribution is 2.37. The van der Waals surface area contributed by atoms with Gasteiger partial charge in [0.2, 0.25) is 5.89 Å². The van der Waals surface area contributed by atoms with Crippen molar-refractivity contribution >= 4 is 28.3 Å². The third kappa shape index (κ3) is 3.19. The average Bonchev–Trinajstić information content (AvgIpc) is 3.50. The number of amides is 1. The predicted molar refractivity (Wildman–Crippen MR) is 111 cm³/mol. The van der Waals surface area contributed by atoms with Gasteiger partial charge in [0.15, 0.2) is 5.82 Å². The summed E-state index contributed by atoms with van der Waals surface area (Å²) in [6.45, 7) is 3.57. The molecule has 4 heterocycles. The molecule has 1 N–H and O–H groups in total. The minimum Gasteiger partial charge on any atom is -0.340 e. The lowest BCUT2D eigenvalue weighted by Gasteiger charge is -2.35. The summed E-state index contributed by atoms with van der Waals surface area (Å²) in [6.07, 6.45) is 4.65. The summed E-state index contributed by atoms with van der Waals surface area (Å²) in [5, 5.41) is 14.0. The van der Waals surface area contributed by atoms with Gasteiger partial charge in [-0.1, -0.05) is 35.6 Å². The summed E-state index contributed by atoms with van der Waals surface area (Å²) < 4.78 is 10.6. The van der Waals surface area contributed by atoms with E-state index in [2.05, 4.69) is 25.6 Å². The van der Waals surface area contributed by atoms with Gasteiger partial charge in [-0.15, -0.1) is 11.3 Å². The molecule has 0 aromatic carbocycles. The predicted octanol–water partition coefficient (Wildman–Crippen LogP) is 4.54. The number of thiophene rings is 1. The fraction of sp³-hybridized carbons (Fsp3) is 0.381. The third-order valence-electron chi connectivity index (χ3n) is 5.65. The number of fused-ring (bicyclic) bond motifs is 1. The van der Waals surface area contributed by atoms with E-state index in [4.69, 9.17) is 9.05 Å². The molecule has 0 saturated heterocycles. The van der Waals surface area contributed by atoms with E-state index in [1.807, 2.05) is 30.5 Å². The zero-order valence-electron chi connectivity index (χ0n) is 16.8. The van der Waals surface area contributed by atoms with Crippen LogP contribution in [0.4, 0.5) is 0 Å². The van der Waals surface area contributed by atoms with Gasteiger partial charge < -0.3 is 14.4 Å². The lowest BCUT2D eigenvalue weighted by molar-refractivity contribution is 0.0857. The van der Waals surface area contributed by atoms with Crippen LogP contribution in [-0.4, -0.2) is 26.2 Å². The van der Waals surface area contributed by atoms with Gasteiger partial charge in [0.1, 0.15) is 5.54 Å². The van der Waals surface area contributed by atoms with E-state index >= 15 is 0 Å². The molecule has 0 spiro atoms. The zero-order chi connectivity index (χ0) is 20.7. The van der Waals surface area contributed by atoms with E-state index in [1.54, 1.807) is 18.3 Å². The Morgan fingerprint density at radius 1 is 1.13 bits per heavy atom. The van der Waals surface area contributed by atoms with Crippen LogP contribution in [0.5, 0.6) is 0 Å². The lowest BCUT2D eigenvalue weighted by Crippen LogP contribution is -2.48. The minimum atomic E-state index is -0.642. The van der Waals surface area contributed by atoms with Crippen molar-refractivity contribution in [3.8, 4) is 10.6 Å². The van der Waals surface area contributed by atoms with E-state index in [-0.39, 0.29) is 5.91 Å². The molecule has 5 rings (SSSR count). The standard InChI is InChI=1S/C21H21N5O3S/c1-12-17-14(11-15(16-7-6-10-30-16)23-19(17)29-25-12)18(27)24-21(8-4-3-5-9-21)20-22-13(2)28-26-20/h6-7,10-11H,3-5,8-9H2,1-2H3,(H,24,27). The maximum absolute atomic E-state index is 13.6. The molecule has 1 amide bonds. The first kappa shape index (κ1) is 18.9. The van der Waals surface area contributed by atoms with Crippen molar-refractivity contribution in [3.63, 3.8) is 0 Å². The van der Waals surface area contributed by atoms with Crippen molar-refractivity contribution in [1.82, 2.24) is 25.6 Å². The van der Waals surface area contributed by atoms with Crippen LogP contribution in [0.2, 0.25) is 0 Å². The van der Waals surface area contributed by atoms with Gasteiger partial charge in [-0.3, -0.25) is 4.79 Å². The normalized spacial score (nSPS) is 16.1. The monoisotopic (exact) mass is 423 g/mol. The highest BCUT2D eigenvalue weighted by Gasteiger charge is 2.40. The maximum atomic E-state index is 13.6. The molecule has 4 aromatic heterocycles. The van der Waals surface area contributed by atoms with Crippen molar-refractivity contribution in [2.75, 3.05) is 0 Å². The topological polar surface area (TPSA) is 107 Å². The van der Waals surface area contributed by atoms with Gasteiger partial charge in [0.05, 0.1) is 27.2 Å². The van der Waals surface area contributed by atoms with Gasteiger partial charge in [-0.2, -0.15) is 4.98 Å². The van der Waals surface area contributed by atoms with Gasteiger partial charge in [0.25, 0.3) is 11.6 Å². The summed E-state index contributed by atoms with van der Waals surface area (Å²) in [5.41, 5.74) is 1.53. The van der Waals surface area contributed by atoms with Gasteiger partial charge in [-0.25, -0.2) is 4.98 Å². The van der Waals surface area contributed by atoms with Crippen molar-refractivity contribution in [1.29, 1.82) is 0 Å². The summed E-state index contributed by atoms with van der Waals surface area (Å²) in [6, 6.07) is 5.73. The average molecular weight is 423 g/mol. The first-order valence-electron chi connectivity index (χ1n) is 10.00. The van der Waals surface area contributed by atoms with Crippen LogP contribution in [0.1, 0.15) is 59.9 Å². The Kier molecular flexibility index (Phi) is 4.62. The zero-order valence-corrected chi connectivity index (χ0v) is 17.6. The minimum absolute atomic E-state index is 0.212. The van der Waals surface area contributed by atoms with Crippen LogP contribution in [0.25, 0.3) is 21.7 Å². The fourth-order valence-electron chi connectivity index (χ4n) is 4.16. The number of carbonyl (C=O) groups excluding carboxylic acids is 1. The number of hydrogen-bond acceptors (Lipinski definition) is 8. The van der Waals surface area contributed by atoms with E-state index in [0.29, 0.717) is 39.8 Å². The molecule has 1 saturated carbocycles. The Balaban J connectivity index is 1.59. The highest BCUT2D eigenvalue weighted by molar-refractivity contribution is 7.13. The van der Waals surface area contributed by atoms with Gasteiger partial charge >= 0.3 is 0 Å². The summed E-state index contributed by atoms with van der Waals surface area (Å²) >= 11 is 1.56. The van der Waals surface area contributed by atoms with E-state index in [9.17, 15) is 4.79 Å². The molecular formula is C21H21N5O3S. The van der Waals surface area contributed by atoms with Crippen LogP contribution in [-0.2, 0) is 5.54 Å². The van der Waals surface area contributed by atoms with E-state index < -0.39 is 5.54 Å². The Morgan fingerprint density at radius 2 is 1.97 bits per heavy atom. The molecule has 1 aliphatic carbocycles. The molecule has 4 aromatic rings. The molecule has 0 radical (unpaired) electrons. The second-order valence-electron chi connectivity index (χ2n) is 7.71. The Bertz CT molecular complexity index is 1200. The molecule has 0 bridgehead atoms. The Hall–Kier alpha value is -3.07. The lowest BCUT2D eigenvalue weighted by atomic mass is 9.80. The number of nitrogens with one attached hydrogen (secondary N) is 1. The number of hydrogen-bond donors (Lipinski definition) is 1. The second-order valence-corrected chi connectivity index (χ2v) is 8.66. The highest BCUT2D eigenvalue weighted by atomic mass is 32.1. The van der Waals surface area contributed by atoms with Gasteiger partial charge in [0, 0.05) is 6.92 Å². The first-order chi connectivity index (χ1) is 14.6. The molecule has 0 unspecified atom stereocenters. The third-order valence-corrected chi connectivity index (χ3v) is 6.54. The molecule has 0 aliphatic heterocycles. The summed E-state index contributed by atoms with van der Waals surface area (Å²) in [4.78, 5) is 23.6. The number of carbonyl (C=O) groups is 1. The van der Waals surface area contributed by atoms with Crippen LogP contribution in [0.15, 0.2) is 32.6 Å². The van der Waals surface area contributed by atoms with E-state index in [1.165, 1.54) is 0 Å². The molecule has 30 heavy (non-hydrogen) atoms. The van der Waals surface area contributed by atoms with Crippen LogP contribution < -0.4 is 5.32 Å². The molecule has 1 aliphatic rings. The SMILES string of the molecule is Cc1nc(C2(NC(=O)c3cc(-c4cccs4)nc4onc(C)c34)CCCCC2)no1. The van der Waals surface area contributed by atoms with E-state index in [0.717, 1.165) is 37.0 Å². The quantitative estimate of drug-likeness (QED) is 0.513. The molecule has 9 heteroatoms.